The van der Waals surface area contributed by atoms with Crippen molar-refractivity contribution in [3.63, 3.8) is 0 Å². The van der Waals surface area contributed by atoms with Crippen LogP contribution in [0.3, 0.4) is 0 Å². The topological polar surface area (TPSA) is 69.6 Å². The molecule has 136 valence electrons. The molecule has 0 heterocycles. The summed E-state index contributed by atoms with van der Waals surface area (Å²) in [6.45, 7) is 6.06. The third-order valence-electron chi connectivity index (χ3n) is 3.92. The highest BCUT2D eigenvalue weighted by atomic mass is 35.5. The van der Waals surface area contributed by atoms with E-state index in [2.05, 4.69) is 24.1 Å². The van der Waals surface area contributed by atoms with Gasteiger partial charge in [0.15, 0.2) is 0 Å². The lowest BCUT2D eigenvalue weighted by Crippen LogP contribution is -2.21. The van der Waals surface area contributed by atoms with Gasteiger partial charge in [-0.2, -0.15) is 0 Å². The van der Waals surface area contributed by atoms with Crippen LogP contribution in [0.1, 0.15) is 29.8 Å². The Balaban J connectivity index is 2.08. The van der Waals surface area contributed by atoms with Gasteiger partial charge in [-0.1, -0.05) is 23.7 Å². The molecule has 0 bridgehead atoms. The van der Waals surface area contributed by atoms with Crippen LogP contribution in [0.25, 0.3) is 6.08 Å². The zero-order valence-corrected chi connectivity index (χ0v) is 15.5. The number of hydrogen-bond acceptors (Lipinski definition) is 3. The average Bonchev–Trinajstić information content (AvgIpc) is 2.62. The number of carboxylic acid groups (broad SMARTS) is 1. The lowest BCUT2D eigenvalue weighted by atomic mass is 10.1. The Hall–Kier alpha value is -2.79. The lowest BCUT2D eigenvalue weighted by molar-refractivity contribution is -0.111. The van der Waals surface area contributed by atoms with Crippen molar-refractivity contribution in [3.8, 4) is 0 Å². The first kappa shape index (κ1) is 19.5. The summed E-state index contributed by atoms with van der Waals surface area (Å²) in [4.78, 5) is 25.5. The summed E-state index contributed by atoms with van der Waals surface area (Å²) < 4.78 is 0. The van der Waals surface area contributed by atoms with Gasteiger partial charge in [0, 0.05) is 29.9 Å². The van der Waals surface area contributed by atoms with Crippen molar-refractivity contribution >= 4 is 40.9 Å². The number of halogens is 1. The summed E-state index contributed by atoms with van der Waals surface area (Å²) >= 11 is 5.88. The third kappa shape index (κ3) is 5.10. The fraction of sp³-hybridized carbons (Fsp3) is 0.200. The second-order valence-corrected chi connectivity index (χ2v) is 6.02. The Morgan fingerprint density at radius 1 is 1.12 bits per heavy atom. The maximum atomic E-state index is 12.1. The minimum Gasteiger partial charge on any atom is -0.478 e. The molecule has 0 saturated carbocycles. The third-order valence-corrected chi connectivity index (χ3v) is 4.15. The Kier molecular flexibility index (Phi) is 6.81. The lowest BCUT2D eigenvalue weighted by Gasteiger charge is -2.20. The maximum Gasteiger partial charge on any atom is 0.337 e. The van der Waals surface area contributed by atoms with Crippen LogP contribution in [-0.4, -0.2) is 30.1 Å². The molecule has 2 N–H and O–H groups in total. The van der Waals surface area contributed by atoms with Crippen LogP contribution in [-0.2, 0) is 4.79 Å². The normalized spacial score (nSPS) is 10.7. The molecule has 0 fully saturated rings. The highest BCUT2D eigenvalue weighted by Crippen LogP contribution is 2.21. The molecular weight excluding hydrogens is 352 g/mol. The number of amides is 1. The summed E-state index contributed by atoms with van der Waals surface area (Å²) in [5.41, 5.74) is 2.15. The highest BCUT2D eigenvalue weighted by Gasteiger charge is 2.12. The minimum atomic E-state index is -1.13. The van der Waals surface area contributed by atoms with E-state index in [9.17, 15) is 14.7 Å². The smallest absolute Gasteiger partial charge is 0.337 e. The number of nitrogens with zero attached hydrogens (tertiary/aromatic N) is 1. The molecule has 0 aliphatic carbocycles. The summed E-state index contributed by atoms with van der Waals surface area (Å²) in [7, 11) is 0. The molecule has 0 saturated heterocycles. The fourth-order valence-electron chi connectivity index (χ4n) is 2.54. The molecule has 5 nitrogen and oxygen atoms in total. The van der Waals surface area contributed by atoms with E-state index in [-0.39, 0.29) is 11.3 Å². The van der Waals surface area contributed by atoms with E-state index >= 15 is 0 Å². The molecule has 0 unspecified atom stereocenters. The number of nitrogens with one attached hydrogen (secondary N) is 1. The predicted molar refractivity (Wildman–Crippen MR) is 106 cm³/mol. The molecule has 0 atom stereocenters. The summed E-state index contributed by atoms with van der Waals surface area (Å²) in [6.07, 6.45) is 3.03. The first-order chi connectivity index (χ1) is 12.4. The number of carboxylic acids is 1. The Morgan fingerprint density at radius 3 is 2.35 bits per heavy atom. The molecular formula is C20H21ClN2O3. The predicted octanol–water partition coefficient (Wildman–Crippen LogP) is 4.54. The zero-order chi connectivity index (χ0) is 19.1. The molecule has 0 aliphatic rings. The molecule has 0 aliphatic heterocycles. The summed E-state index contributed by atoms with van der Waals surface area (Å²) in [6, 6.07) is 12.1. The number of carbonyl (C=O) groups excluding carboxylic acids is 1. The summed E-state index contributed by atoms with van der Waals surface area (Å²) in [5, 5.41) is 12.1. The van der Waals surface area contributed by atoms with Crippen LogP contribution >= 0.6 is 11.6 Å². The Bertz CT molecular complexity index is 812. The fourth-order valence-corrected chi connectivity index (χ4v) is 2.71. The molecule has 6 heteroatoms. The summed E-state index contributed by atoms with van der Waals surface area (Å²) in [5.74, 6) is -1.56. The van der Waals surface area contributed by atoms with Crippen molar-refractivity contribution in [2.45, 2.75) is 13.8 Å². The van der Waals surface area contributed by atoms with E-state index < -0.39 is 11.9 Å². The van der Waals surface area contributed by atoms with Gasteiger partial charge in [-0.05, 0) is 55.8 Å². The molecule has 2 rings (SSSR count). The van der Waals surface area contributed by atoms with E-state index in [1.165, 1.54) is 24.3 Å². The quantitative estimate of drug-likeness (QED) is 0.700. The van der Waals surface area contributed by atoms with Gasteiger partial charge in [0.05, 0.1) is 11.3 Å². The SMILES string of the molecule is CCN(CC)c1ccc(C=CC(=O)Nc2cc(Cl)ccc2C(=O)O)cc1. The number of benzene rings is 2. The van der Waals surface area contributed by atoms with Crippen LogP contribution < -0.4 is 10.2 Å². The van der Waals surface area contributed by atoms with Crippen LogP contribution in [0.2, 0.25) is 5.02 Å². The van der Waals surface area contributed by atoms with Crippen LogP contribution in [0, 0.1) is 0 Å². The molecule has 1 amide bonds. The number of rotatable bonds is 7. The molecule has 26 heavy (non-hydrogen) atoms. The van der Waals surface area contributed by atoms with E-state index in [0.29, 0.717) is 5.02 Å². The number of aromatic carboxylic acids is 1. The van der Waals surface area contributed by atoms with E-state index in [4.69, 9.17) is 11.6 Å². The van der Waals surface area contributed by atoms with Gasteiger partial charge in [0.25, 0.3) is 0 Å². The second-order valence-electron chi connectivity index (χ2n) is 5.58. The molecule has 2 aromatic carbocycles. The van der Waals surface area contributed by atoms with E-state index in [1.807, 2.05) is 24.3 Å². The largest absolute Gasteiger partial charge is 0.478 e. The first-order valence-corrected chi connectivity index (χ1v) is 8.69. The average molecular weight is 373 g/mol. The van der Waals surface area contributed by atoms with Crippen LogP contribution in [0.4, 0.5) is 11.4 Å². The van der Waals surface area contributed by atoms with Gasteiger partial charge in [0.1, 0.15) is 0 Å². The molecule has 0 spiro atoms. The van der Waals surface area contributed by atoms with Crippen LogP contribution in [0.5, 0.6) is 0 Å². The van der Waals surface area contributed by atoms with Crippen molar-refractivity contribution < 1.29 is 14.7 Å². The number of anilines is 2. The maximum absolute atomic E-state index is 12.1. The van der Waals surface area contributed by atoms with Gasteiger partial charge in [-0.15, -0.1) is 0 Å². The molecule has 0 radical (unpaired) electrons. The number of hydrogen-bond donors (Lipinski definition) is 2. The highest BCUT2D eigenvalue weighted by molar-refractivity contribution is 6.31. The molecule has 2 aromatic rings. The van der Waals surface area contributed by atoms with Crippen LogP contribution in [0.15, 0.2) is 48.5 Å². The standard InChI is InChI=1S/C20H21ClN2O3/c1-3-23(4-2)16-9-5-14(6-10-16)7-12-19(24)22-18-13-15(21)8-11-17(18)20(25)26/h5-13H,3-4H2,1-2H3,(H,22,24)(H,25,26). The monoisotopic (exact) mass is 372 g/mol. The van der Waals surface area contributed by atoms with Gasteiger partial charge in [0.2, 0.25) is 5.91 Å². The van der Waals surface area contributed by atoms with Crippen molar-refractivity contribution in [1.29, 1.82) is 0 Å². The van der Waals surface area contributed by atoms with Gasteiger partial charge < -0.3 is 15.3 Å². The van der Waals surface area contributed by atoms with Crippen molar-refractivity contribution in [1.82, 2.24) is 0 Å². The van der Waals surface area contributed by atoms with Gasteiger partial charge in [-0.3, -0.25) is 4.79 Å². The zero-order valence-electron chi connectivity index (χ0n) is 14.7. The number of carbonyl (C=O) groups is 2. The molecule has 0 aromatic heterocycles. The van der Waals surface area contributed by atoms with Crippen molar-refractivity contribution in [2.75, 3.05) is 23.3 Å². The van der Waals surface area contributed by atoms with Gasteiger partial charge >= 0.3 is 5.97 Å². The van der Waals surface area contributed by atoms with Crippen molar-refractivity contribution in [3.05, 3.63) is 64.7 Å². The first-order valence-electron chi connectivity index (χ1n) is 8.31. The Labute approximate surface area is 157 Å². The minimum absolute atomic E-state index is 0.0141. The Morgan fingerprint density at radius 2 is 1.77 bits per heavy atom. The van der Waals surface area contributed by atoms with Gasteiger partial charge in [-0.25, -0.2) is 4.79 Å². The second kappa shape index (κ2) is 9.06. The van der Waals surface area contributed by atoms with Crippen molar-refractivity contribution in [2.24, 2.45) is 0 Å². The van der Waals surface area contributed by atoms with E-state index in [0.717, 1.165) is 24.3 Å². The van der Waals surface area contributed by atoms with E-state index in [1.54, 1.807) is 6.08 Å².